The molecular formula is C11H16N3OP. The topological polar surface area (TPSA) is 44.4 Å². The fourth-order valence-corrected chi connectivity index (χ4v) is 4.94. The third-order valence-corrected chi connectivity index (χ3v) is 5.73. The van der Waals surface area contributed by atoms with Crippen LogP contribution in [0.1, 0.15) is 12.8 Å². The minimum Gasteiger partial charge on any atom is -0.313 e. The Balaban J connectivity index is 1.82. The first-order valence-corrected chi connectivity index (χ1v) is 7.39. The van der Waals surface area contributed by atoms with Crippen LogP contribution in [0, 0.1) is 0 Å². The van der Waals surface area contributed by atoms with Crippen molar-refractivity contribution in [3.63, 3.8) is 0 Å². The summed E-state index contributed by atoms with van der Waals surface area (Å²) < 4.78 is 14.8. The van der Waals surface area contributed by atoms with E-state index in [0.29, 0.717) is 6.04 Å². The van der Waals surface area contributed by atoms with Crippen molar-refractivity contribution >= 4 is 13.3 Å². The van der Waals surface area contributed by atoms with Gasteiger partial charge in [-0.2, -0.15) is 0 Å². The summed E-state index contributed by atoms with van der Waals surface area (Å²) in [5.41, 5.74) is 0.922. The van der Waals surface area contributed by atoms with E-state index in [0.717, 1.165) is 31.6 Å². The van der Waals surface area contributed by atoms with Gasteiger partial charge in [-0.05, 0) is 25.0 Å². The summed E-state index contributed by atoms with van der Waals surface area (Å²) in [5, 5.41) is 6.31. The molecule has 0 amide bonds. The smallest absolute Gasteiger partial charge is 0.306 e. The predicted molar refractivity (Wildman–Crippen MR) is 65.4 cm³/mol. The maximum absolute atomic E-state index is 12.7. The van der Waals surface area contributed by atoms with Crippen molar-refractivity contribution in [2.45, 2.75) is 18.9 Å². The van der Waals surface area contributed by atoms with Gasteiger partial charge in [0.1, 0.15) is 0 Å². The van der Waals surface area contributed by atoms with Crippen LogP contribution >= 0.6 is 7.59 Å². The van der Waals surface area contributed by atoms with Crippen LogP contribution in [0.4, 0.5) is 5.69 Å². The quantitative estimate of drug-likeness (QED) is 0.774. The maximum atomic E-state index is 12.7. The summed E-state index contributed by atoms with van der Waals surface area (Å²) in [4.78, 5) is 0. The number of anilines is 1. The number of nitrogens with zero attached hydrogens (tertiary/aromatic N) is 1. The first kappa shape index (κ1) is 10.3. The Morgan fingerprint density at radius 3 is 3.00 bits per heavy atom. The van der Waals surface area contributed by atoms with Crippen LogP contribution < -0.4 is 10.2 Å². The van der Waals surface area contributed by atoms with Crippen LogP contribution in [0.2, 0.25) is 0 Å². The minimum absolute atomic E-state index is 0.460. The molecular weight excluding hydrogens is 221 g/mol. The third-order valence-electron chi connectivity index (χ3n) is 3.30. The lowest BCUT2D eigenvalue weighted by Gasteiger charge is -2.24. The molecule has 2 aliphatic rings. The molecule has 4 nitrogen and oxygen atoms in total. The number of benzene rings is 1. The van der Waals surface area contributed by atoms with Gasteiger partial charge < -0.3 is 5.09 Å². The highest BCUT2D eigenvalue weighted by molar-refractivity contribution is 7.61. The Morgan fingerprint density at radius 1 is 1.38 bits per heavy atom. The van der Waals surface area contributed by atoms with Gasteiger partial charge in [-0.1, -0.05) is 18.2 Å². The van der Waals surface area contributed by atoms with Gasteiger partial charge in [-0.25, -0.2) is 9.76 Å². The molecule has 2 heterocycles. The molecule has 2 N–H and O–H groups in total. The molecule has 0 unspecified atom stereocenters. The summed E-state index contributed by atoms with van der Waals surface area (Å²) in [6.45, 7) is 1.78. The lowest BCUT2D eigenvalue weighted by molar-refractivity contribution is 0.433. The summed E-state index contributed by atoms with van der Waals surface area (Å²) in [5.74, 6) is 0. The standard InChI is InChI=1S/C11H16N3OP/c15-16(13-10-5-2-1-3-6-10)12-9-11-7-4-8-14(11)16/h1-3,5-6,11H,4,7-9H2,(H2,12,13,15)/t11-,16+/m0/s1. The number of rotatable bonds is 2. The van der Waals surface area contributed by atoms with Gasteiger partial charge >= 0.3 is 7.59 Å². The van der Waals surface area contributed by atoms with E-state index in [1.54, 1.807) is 0 Å². The molecule has 3 rings (SSSR count). The number of nitrogens with one attached hydrogen (secondary N) is 2. The van der Waals surface area contributed by atoms with Crippen molar-refractivity contribution in [1.82, 2.24) is 9.76 Å². The second-order valence-electron chi connectivity index (χ2n) is 4.38. The van der Waals surface area contributed by atoms with Crippen LogP contribution in [0.3, 0.4) is 0 Å². The molecule has 5 heteroatoms. The SMILES string of the molecule is O=[P@@]1(Nc2ccccc2)NC[C@@H]2CCCN21. The minimum atomic E-state index is -2.56. The number of para-hydroxylation sites is 1. The van der Waals surface area contributed by atoms with Gasteiger partial charge in [-0.3, -0.25) is 4.57 Å². The first-order valence-electron chi connectivity index (χ1n) is 5.73. The van der Waals surface area contributed by atoms with Crippen LogP contribution in [0.15, 0.2) is 30.3 Å². The van der Waals surface area contributed by atoms with Gasteiger partial charge in [0, 0.05) is 24.8 Å². The number of hydrogen-bond acceptors (Lipinski definition) is 1. The van der Waals surface area contributed by atoms with Crippen molar-refractivity contribution in [2.24, 2.45) is 0 Å². The van der Waals surface area contributed by atoms with E-state index in [-0.39, 0.29) is 0 Å². The summed E-state index contributed by atoms with van der Waals surface area (Å²) in [7, 11) is -2.56. The Kier molecular flexibility index (Phi) is 2.51. The zero-order chi connectivity index (χ0) is 11.0. The summed E-state index contributed by atoms with van der Waals surface area (Å²) in [6, 6.07) is 10.2. The van der Waals surface area contributed by atoms with Crippen LogP contribution in [-0.4, -0.2) is 23.8 Å². The molecule has 2 aliphatic heterocycles. The molecule has 2 fully saturated rings. The van der Waals surface area contributed by atoms with E-state index >= 15 is 0 Å². The average molecular weight is 237 g/mol. The largest absolute Gasteiger partial charge is 0.313 e. The van der Waals surface area contributed by atoms with Gasteiger partial charge in [-0.15, -0.1) is 0 Å². The predicted octanol–water partition coefficient (Wildman–Crippen LogP) is 2.27. The van der Waals surface area contributed by atoms with E-state index in [2.05, 4.69) is 14.8 Å². The van der Waals surface area contributed by atoms with Gasteiger partial charge in [0.2, 0.25) is 0 Å². The van der Waals surface area contributed by atoms with E-state index in [1.807, 2.05) is 30.3 Å². The summed E-state index contributed by atoms with van der Waals surface area (Å²) in [6.07, 6.45) is 2.32. The number of fused-ring (bicyclic) bond motifs is 1. The van der Waals surface area contributed by atoms with Gasteiger partial charge in [0.05, 0.1) is 0 Å². The van der Waals surface area contributed by atoms with E-state index < -0.39 is 7.59 Å². The Labute approximate surface area is 95.6 Å². The third kappa shape index (κ3) is 1.67. The second-order valence-corrected chi connectivity index (χ2v) is 6.58. The normalized spacial score (nSPS) is 33.9. The van der Waals surface area contributed by atoms with Crippen molar-refractivity contribution in [3.8, 4) is 0 Å². The molecule has 0 radical (unpaired) electrons. The van der Waals surface area contributed by atoms with E-state index in [9.17, 15) is 4.57 Å². The lowest BCUT2D eigenvalue weighted by Crippen LogP contribution is -2.23. The van der Waals surface area contributed by atoms with E-state index in [1.165, 1.54) is 0 Å². The van der Waals surface area contributed by atoms with Crippen molar-refractivity contribution in [1.29, 1.82) is 0 Å². The number of hydrogen-bond donors (Lipinski definition) is 2. The highest BCUT2D eigenvalue weighted by Crippen LogP contribution is 2.53. The molecule has 0 saturated carbocycles. The summed E-state index contributed by atoms with van der Waals surface area (Å²) >= 11 is 0. The first-order chi connectivity index (χ1) is 7.78. The average Bonchev–Trinajstić information content (AvgIpc) is 2.86. The van der Waals surface area contributed by atoms with Gasteiger partial charge in [0.15, 0.2) is 0 Å². The molecule has 0 spiro atoms. The highest BCUT2D eigenvalue weighted by atomic mass is 31.2. The Hall–Kier alpha value is -0.830. The molecule has 16 heavy (non-hydrogen) atoms. The fraction of sp³-hybridized carbons (Fsp3) is 0.455. The van der Waals surface area contributed by atoms with Crippen molar-refractivity contribution < 1.29 is 4.57 Å². The van der Waals surface area contributed by atoms with Crippen LogP contribution in [0.25, 0.3) is 0 Å². The van der Waals surface area contributed by atoms with E-state index in [4.69, 9.17) is 0 Å². The lowest BCUT2D eigenvalue weighted by atomic mass is 10.2. The van der Waals surface area contributed by atoms with Crippen molar-refractivity contribution in [3.05, 3.63) is 30.3 Å². The maximum Gasteiger partial charge on any atom is 0.306 e. The zero-order valence-electron chi connectivity index (χ0n) is 9.10. The molecule has 0 bridgehead atoms. The zero-order valence-corrected chi connectivity index (χ0v) is 9.99. The molecule has 2 saturated heterocycles. The molecule has 1 aromatic rings. The van der Waals surface area contributed by atoms with Gasteiger partial charge in [0.25, 0.3) is 0 Å². The fourth-order valence-electron chi connectivity index (χ4n) is 2.51. The monoisotopic (exact) mass is 237 g/mol. The molecule has 0 aliphatic carbocycles. The Morgan fingerprint density at radius 2 is 2.19 bits per heavy atom. The molecule has 86 valence electrons. The molecule has 2 atom stereocenters. The second kappa shape index (κ2) is 3.88. The van der Waals surface area contributed by atoms with Crippen LogP contribution in [-0.2, 0) is 4.57 Å². The van der Waals surface area contributed by atoms with Crippen molar-refractivity contribution in [2.75, 3.05) is 18.2 Å². The highest BCUT2D eigenvalue weighted by Gasteiger charge is 2.44. The Bertz CT molecular complexity index is 422. The molecule has 1 aromatic carbocycles. The molecule has 0 aromatic heterocycles. The van der Waals surface area contributed by atoms with Crippen LogP contribution in [0.5, 0.6) is 0 Å².